The van der Waals surface area contributed by atoms with Crippen LogP contribution in [0.1, 0.15) is 30.9 Å². The number of aromatic nitrogens is 2. The molecule has 0 radical (unpaired) electrons. The van der Waals surface area contributed by atoms with Gasteiger partial charge in [0.1, 0.15) is 11.0 Å². The first kappa shape index (κ1) is 19.0. The van der Waals surface area contributed by atoms with Crippen molar-refractivity contribution in [2.24, 2.45) is 0 Å². The first-order valence-corrected chi connectivity index (χ1v) is 11.0. The molecule has 0 bridgehead atoms. The van der Waals surface area contributed by atoms with Crippen molar-refractivity contribution in [3.63, 3.8) is 0 Å². The molecule has 2 heterocycles. The normalized spacial score (nSPS) is 16.1. The van der Waals surface area contributed by atoms with Crippen molar-refractivity contribution in [2.75, 3.05) is 13.1 Å². The highest BCUT2D eigenvalue weighted by Crippen LogP contribution is 2.26. The summed E-state index contributed by atoms with van der Waals surface area (Å²) >= 11 is 0. The van der Waals surface area contributed by atoms with Gasteiger partial charge in [-0.05, 0) is 78.1 Å². The summed E-state index contributed by atoms with van der Waals surface area (Å²) in [6.07, 6.45) is 2.38. The lowest BCUT2D eigenvalue weighted by molar-refractivity contribution is 0.256. The third-order valence-corrected chi connectivity index (χ3v) is 7.18. The Morgan fingerprint density at radius 2 is 1.86 bits per heavy atom. The molecule has 0 amide bonds. The van der Waals surface area contributed by atoms with Crippen molar-refractivity contribution in [1.29, 1.82) is 0 Å². The highest BCUT2D eigenvalue weighted by Gasteiger charge is 2.32. The second kappa shape index (κ2) is 7.98. The molecule has 7 nitrogen and oxygen atoms in total. The highest BCUT2D eigenvalue weighted by atomic mass is 32.2. The number of nitrogens with one attached hydrogen (secondary N) is 1. The minimum atomic E-state index is -3.63. The molecular formula is C20H24N4O3S. The van der Waals surface area contributed by atoms with Gasteiger partial charge >= 0.3 is 0 Å². The summed E-state index contributed by atoms with van der Waals surface area (Å²) in [5.74, 6) is 0. The zero-order valence-corrected chi connectivity index (χ0v) is 16.7. The number of benzene rings is 2. The molecule has 148 valence electrons. The van der Waals surface area contributed by atoms with Gasteiger partial charge in [0.2, 0.25) is 10.0 Å². The van der Waals surface area contributed by atoms with Crippen LogP contribution in [-0.2, 0) is 23.0 Å². The van der Waals surface area contributed by atoms with E-state index in [0.29, 0.717) is 22.5 Å². The van der Waals surface area contributed by atoms with Crippen LogP contribution >= 0.6 is 0 Å². The number of sulfonamides is 1. The molecule has 0 spiro atoms. The van der Waals surface area contributed by atoms with Gasteiger partial charge in [0, 0.05) is 12.6 Å². The van der Waals surface area contributed by atoms with Crippen LogP contribution in [-0.4, -0.2) is 42.2 Å². The molecule has 28 heavy (non-hydrogen) atoms. The average Bonchev–Trinajstić information content (AvgIpc) is 3.20. The van der Waals surface area contributed by atoms with Gasteiger partial charge < -0.3 is 5.32 Å². The summed E-state index contributed by atoms with van der Waals surface area (Å²) in [5, 5.41) is 11.0. The topological polar surface area (TPSA) is 88.3 Å². The number of hydrogen-bond donors (Lipinski definition) is 1. The minimum absolute atomic E-state index is 0.0392. The molecule has 1 aliphatic rings. The smallest absolute Gasteiger partial charge is 0.243 e. The lowest BCUT2D eigenvalue weighted by atomic mass is 10.1. The zero-order chi connectivity index (χ0) is 19.6. The van der Waals surface area contributed by atoms with E-state index in [1.807, 2.05) is 37.3 Å². The lowest BCUT2D eigenvalue weighted by Crippen LogP contribution is -2.45. The fourth-order valence-corrected chi connectivity index (χ4v) is 5.42. The van der Waals surface area contributed by atoms with Gasteiger partial charge in [-0.15, -0.1) is 0 Å². The van der Waals surface area contributed by atoms with Crippen LogP contribution in [0.4, 0.5) is 0 Å². The van der Waals surface area contributed by atoms with Gasteiger partial charge in [-0.25, -0.2) is 13.0 Å². The first-order chi connectivity index (χ1) is 13.6. The Morgan fingerprint density at radius 3 is 2.64 bits per heavy atom. The maximum Gasteiger partial charge on any atom is 0.243 e. The Kier molecular flexibility index (Phi) is 5.43. The molecule has 1 aromatic heterocycles. The van der Waals surface area contributed by atoms with Crippen LogP contribution < -0.4 is 5.32 Å². The van der Waals surface area contributed by atoms with Crippen molar-refractivity contribution in [3.05, 3.63) is 53.6 Å². The van der Waals surface area contributed by atoms with Gasteiger partial charge in [0.25, 0.3) is 0 Å². The Balaban J connectivity index is 1.71. The number of aryl methyl sites for hydroxylation is 1. The predicted octanol–water partition coefficient (Wildman–Crippen LogP) is 2.73. The Hall–Kier alpha value is -2.29. The molecule has 0 saturated carbocycles. The monoisotopic (exact) mass is 400 g/mol. The van der Waals surface area contributed by atoms with Gasteiger partial charge in [-0.1, -0.05) is 25.1 Å². The molecule has 1 N–H and O–H groups in total. The predicted molar refractivity (Wildman–Crippen MR) is 106 cm³/mol. The Labute approximate surface area is 164 Å². The van der Waals surface area contributed by atoms with Crippen molar-refractivity contribution in [2.45, 2.75) is 43.7 Å². The van der Waals surface area contributed by atoms with Crippen LogP contribution in [0.15, 0.2) is 52.0 Å². The van der Waals surface area contributed by atoms with Crippen molar-refractivity contribution >= 4 is 21.1 Å². The number of fused-ring (bicyclic) bond motifs is 1. The Bertz CT molecular complexity index is 1060. The number of rotatable bonds is 6. The summed E-state index contributed by atoms with van der Waals surface area (Å²) in [4.78, 5) is 0.356. The molecular weight excluding hydrogens is 376 g/mol. The minimum Gasteiger partial charge on any atom is -0.317 e. The fourth-order valence-electron chi connectivity index (χ4n) is 3.67. The van der Waals surface area contributed by atoms with Crippen LogP contribution in [0.3, 0.4) is 0 Å². The quantitative estimate of drug-likeness (QED) is 0.684. The molecule has 2 aromatic carbocycles. The summed E-state index contributed by atoms with van der Waals surface area (Å²) in [7, 11) is -3.63. The number of piperidine rings is 1. The standard InChI is InChI=1S/C20H24N4O3S/c1-2-15-4-3-5-18(12-15)28(25,26)24(17-8-10-21-11-9-17)14-16-6-7-19-20(13-16)23-27-22-19/h3-7,12-13,17,21H,2,8-11,14H2,1H3. The molecule has 3 aromatic rings. The van der Waals surface area contributed by atoms with Crippen molar-refractivity contribution in [3.8, 4) is 0 Å². The highest BCUT2D eigenvalue weighted by molar-refractivity contribution is 7.89. The largest absolute Gasteiger partial charge is 0.317 e. The van der Waals surface area contributed by atoms with E-state index >= 15 is 0 Å². The zero-order valence-electron chi connectivity index (χ0n) is 15.8. The SMILES string of the molecule is CCc1cccc(S(=O)(=O)N(Cc2ccc3nonc3c2)C2CCNCC2)c1. The molecule has 0 atom stereocenters. The van der Waals surface area contributed by atoms with E-state index in [1.165, 1.54) is 0 Å². The van der Waals surface area contributed by atoms with Gasteiger partial charge in [-0.3, -0.25) is 0 Å². The molecule has 1 aliphatic heterocycles. The molecule has 1 saturated heterocycles. The van der Waals surface area contributed by atoms with Crippen molar-refractivity contribution < 1.29 is 13.0 Å². The van der Waals surface area contributed by atoms with E-state index in [1.54, 1.807) is 16.4 Å². The average molecular weight is 401 g/mol. The lowest BCUT2D eigenvalue weighted by Gasteiger charge is -2.34. The summed E-state index contributed by atoms with van der Waals surface area (Å²) in [6.45, 7) is 3.96. The van der Waals surface area contributed by atoms with E-state index in [2.05, 4.69) is 15.6 Å². The van der Waals surface area contributed by atoms with E-state index in [-0.39, 0.29) is 6.04 Å². The van der Waals surface area contributed by atoms with Gasteiger partial charge in [-0.2, -0.15) is 4.31 Å². The summed E-state index contributed by atoms with van der Waals surface area (Å²) in [6, 6.07) is 12.8. The van der Waals surface area contributed by atoms with Gasteiger partial charge in [0.05, 0.1) is 4.90 Å². The summed E-state index contributed by atoms with van der Waals surface area (Å²) in [5.41, 5.74) is 3.18. The van der Waals surface area contributed by atoms with Gasteiger partial charge in [0.15, 0.2) is 0 Å². The second-order valence-electron chi connectivity index (χ2n) is 7.12. The van der Waals surface area contributed by atoms with E-state index in [0.717, 1.165) is 43.5 Å². The van der Waals surface area contributed by atoms with E-state index in [4.69, 9.17) is 4.63 Å². The third-order valence-electron chi connectivity index (χ3n) is 5.29. The van der Waals surface area contributed by atoms with Crippen LogP contribution in [0.25, 0.3) is 11.0 Å². The van der Waals surface area contributed by atoms with Crippen LogP contribution in [0, 0.1) is 0 Å². The van der Waals surface area contributed by atoms with Crippen LogP contribution in [0.5, 0.6) is 0 Å². The maximum atomic E-state index is 13.6. The molecule has 8 heteroatoms. The molecule has 0 unspecified atom stereocenters. The third kappa shape index (κ3) is 3.80. The second-order valence-corrected chi connectivity index (χ2v) is 9.01. The molecule has 4 rings (SSSR count). The number of hydrogen-bond acceptors (Lipinski definition) is 6. The van der Waals surface area contributed by atoms with Crippen LogP contribution in [0.2, 0.25) is 0 Å². The molecule has 0 aliphatic carbocycles. The van der Waals surface area contributed by atoms with E-state index < -0.39 is 10.0 Å². The Morgan fingerprint density at radius 1 is 1.07 bits per heavy atom. The maximum absolute atomic E-state index is 13.6. The number of nitrogens with zero attached hydrogens (tertiary/aromatic N) is 3. The first-order valence-electron chi connectivity index (χ1n) is 9.60. The van der Waals surface area contributed by atoms with Crippen molar-refractivity contribution in [1.82, 2.24) is 19.9 Å². The van der Waals surface area contributed by atoms with E-state index in [9.17, 15) is 8.42 Å². The fraction of sp³-hybridized carbons (Fsp3) is 0.400. The molecule has 1 fully saturated rings. The summed E-state index contributed by atoms with van der Waals surface area (Å²) < 4.78 is 33.6.